The van der Waals surface area contributed by atoms with E-state index in [0.29, 0.717) is 6.79 Å². The van der Waals surface area contributed by atoms with Crippen LogP contribution in [0.15, 0.2) is 24.3 Å². The van der Waals surface area contributed by atoms with Crippen molar-refractivity contribution in [3.63, 3.8) is 0 Å². The number of aryl methyl sites for hydroxylation is 1. The number of aromatic nitrogens is 2. The van der Waals surface area contributed by atoms with Gasteiger partial charge in [0.1, 0.15) is 0 Å². The van der Waals surface area contributed by atoms with E-state index in [1.807, 2.05) is 37.0 Å². The van der Waals surface area contributed by atoms with Gasteiger partial charge in [-0.15, -0.1) is 0 Å². The monoisotopic (exact) mass is 245 g/mol. The van der Waals surface area contributed by atoms with Gasteiger partial charge >= 0.3 is 0 Å². The maximum atomic E-state index is 5.38. The Balaban J connectivity index is 1.97. The summed E-state index contributed by atoms with van der Waals surface area (Å²) in [4.78, 5) is 0. The number of ether oxygens (including phenoxy) is 2. The van der Waals surface area contributed by atoms with Crippen LogP contribution >= 0.6 is 0 Å². The number of rotatable bonds is 3. The fourth-order valence-corrected chi connectivity index (χ4v) is 2.05. The van der Waals surface area contributed by atoms with Crippen molar-refractivity contribution in [1.82, 2.24) is 15.1 Å². The van der Waals surface area contributed by atoms with Crippen LogP contribution in [0.4, 0.5) is 0 Å². The van der Waals surface area contributed by atoms with E-state index in [4.69, 9.17) is 9.47 Å². The predicted octanol–water partition coefficient (Wildman–Crippen LogP) is 1.54. The molecular formula is C13H15N3O2. The second-order valence-corrected chi connectivity index (χ2v) is 4.24. The van der Waals surface area contributed by atoms with Crippen molar-refractivity contribution >= 4 is 0 Å². The lowest BCUT2D eigenvalue weighted by Gasteiger charge is -1.99. The predicted molar refractivity (Wildman–Crippen MR) is 67.5 cm³/mol. The topological polar surface area (TPSA) is 48.3 Å². The quantitative estimate of drug-likeness (QED) is 0.891. The average molecular weight is 245 g/mol. The van der Waals surface area contributed by atoms with E-state index >= 15 is 0 Å². The molecule has 18 heavy (non-hydrogen) atoms. The maximum Gasteiger partial charge on any atom is 0.231 e. The van der Waals surface area contributed by atoms with E-state index in [0.717, 1.165) is 35.0 Å². The van der Waals surface area contributed by atoms with Gasteiger partial charge in [0.15, 0.2) is 11.5 Å². The Morgan fingerprint density at radius 2 is 2.11 bits per heavy atom. The number of hydrogen-bond acceptors (Lipinski definition) is 4. The Labute approximate surface area is 105 Å². The summed E-state index contributed by atoms with van der Waals surface area (Å²) in [6.45, 7) is 1.10. The standard InChI is InChI=1S/C13H15N3O2/c1-14-7-10-6-11(15-16(10)2)9-3-4-12-13(5-9)18-8-17-12/h3-6,14H,7-8H2,1-2H3. The third-order valence-electron chi connectivity index (χ3n) is 3.00. The van der Waals surface area contributed by atoms with Gasteiger partial charge in [0.05, 0.1) is 11.4 Å². The lowest BCUT2D eigenvalue weighted by molar-refractivity contribution is 0.174. The van der Waals surface area contributed by atoms with E-state index in [9.17, 15) is 0 Å². The summed E-state index contributed by atoms with van der Waals surface area (Å²) in [7, 11) is 3.87. The number of nitrogens with zero attached hydrogens (tertiary/aromatic N) is 2. The zero-order chi connectivity index (χ0) is 12.5. The molecule has 5 heteroatoms. The van der Waals surface area contributed by atoms with E-state index in [1.54, 1.807) is 0 Å². The lowest BCUT2D eigenvalue weighted by Crippen LogP contribution is -2.09. The Hall–Kier alpha value is -2.01. The van der Waals surface area contributed by atoms with Gasteiger partial charge in [-0.05, 0) is 31.3 Å². The summed E-state index contributed by atoms with van der Waals surface area (Å²) in [5.74, 6) is 1.58. The molecule has 0 aliphatic carbocycles. The van der Waals surface area contributed by atoms with E-state index < -0.39 is 0 Å². The summed E-state index contributed by atoms with van der Waals surface area (Å²) < 4.78 is 12.6. The molecule has 94 valence electrons. The SMILES string of the molecule is CNCc1cc(-c2ccc3c(c2)OCO3)nn1C. The molecule has 1 aliphatic heterocycles. The molecule has 5 nitrogen and oxygen atoms in total. The summed E-state index contributed by atoms with van der Waals surface area (Å²) in [5, 5.41) is 7.63. The maximum absolute atomic E-state index is 5.38. The van der Waals surface area contributed by atoms with Crippen LogP contribution in [0.25, 0.3) is 11.3 Å². The molecule has 0 saturated carbocycles. The van der Waals surface area contributed by atoms with Crippen molar-refractivity contribution in [1.29, 1.82) is 0 Å². The molecular weight excluding hydrogens is 230 g/mol. The highest BCUT2D eigenvalue weighted by Gasteiger charge is 2.15. The molecule has 1 N–H and O–H groups in total. The van der Waals surface area contributed by atoms with Crippen molar-refractivity contribution in [2.24, 2.45) is 7.05 Å². The molecule has 0 spiro atoms. The molecule has 0 radical (unpaired) electrons. The Morgan fingerprint density at radius 1 is 1.28 bits per heavy atom. The van der Waals surface area contributed by atoms with Gasteiger partial charge in [0, 0.05) is 19.2 Å². The minimum absolute atomic E-state index is 0.298. The van der Waals surface area contributed by atoms with Crippen LogP contribution in [-0.2, 0) is 13.6 Å². The highest BCUT2D eigenvalue weighted by molar-refractivity contribution is 5.64. The summed E-state index contributed by atoms with van der Waals surface area (Å²) in [5.41, 5.74) is 3.13. The first-order valence-electron chi connectivity index (χ1n) is 5.85. The number of benzene rings is 1. The van der Waals surface area contributed by atoms with Crippen molar-refractivity contribution in [2.75, 3.05) is 13.8 Å². The highest BCUT2D eigenvalue weighted by atomic mass is 16.7. The number of hydrogen-bond donors (Lipinski definition) is 1. The third kappa shape index (κ3) is 1.82. The Kier molecular flexibility index (Phi) is 2.68. The molecule has 0 fully saturated rings. The molecule has 0 unspecified atom stereocenters. The van der Waals surface area contributed by atoms with Gasteiger partial charge in [-0.2, -0.15) is 5.10 Å². The van der Waals surface area contributed by atoms with Crippen LogP contribution in [0.1, 0.15) is 5.69 Å². The zero-order valence-corrected chi connectivity index (χ0v) is 10.4. The van der Waals surface area contributed by atoms with E-state index in [2.05, 4.69) is 16.5 Å². The Bertz CT molecular complexity index is 578. The number of nitrogens with one attached hydrogen (secondary N) is 1. The minimum Gasteiger partial charge on any atom is -0.454 e. The van der Waals surface area contributed by atoms with E-state index in [-0.39, 0.29) is 0 Å². The van der Waals surface area contributed by atoms with Crippen LogP contribution in [0, 0.1) is 0 Å². The molecule has 2 heterocycles. The fourth-order valence-electron chi connectivity index (χ4n) is 2.05. The zero-order valence-electron chi connectivity index (χ0n) is 10.4. The number of fused-ring (bicyclic) bond motifs is 1. The third-order valence-corrected chi connectivity index (χ3v) is 3.00. The normalized spacial score (nSPS) is 13.0. The minimum atomic E-state index is 0.298. The smallest absolute Gasteiger partial charge is 0.231 e. The van der Waals surface area contributed by atoms with Crippen LogP contribution < -0.4 is 14.8 Å². The van der Waals surface area contributed by atoms with Crippen LogP contribution in [0.2, 0.25) is 0 Å². The molecule has 3 rings (SSSR count). The van der Waals surface area contributed by atoms with Crippen LogP contribution in [0.3, 0.4) is 0 Å². The van der Waals surface area contributed by atoms with Gasteiger partial charge in [0.2, 0.25) is 6.79 Å². The molecule has 2 aromatic rings. The van der Waals surface area contributed by atoms with Crippen molar-refractivity contribution in [3.05, 3.63) is 30.0 Å². The molecule has 1 aromatic heterocycles. The second kappa shape index (κ2) is 4.34. The molecule has 0 amide bonds. The molecule has 0 bridgehead atoms. The first-order valence-corrected chi connectivity index (χ1v) is 5.85. The fraction of sp³-hybridized carbons (Fsp3) is 0.308. The van der Waals surface area contributed by atoms with Crippen LogP contribution in [-0.4, -0.2) is 23.6 Å². The van der Waals surface area contributed by atoms with Gasteiger partial charge in [-0.3, -0.25) is 4.68 Å². The van der Waals surface area contributed by atoms with Crippen molar-refractivity contribution in [3.8, 4) is 22.8 Å². The van der Waals surface area contributed by atoms with Gasteiger partial charge in [0.25, 0.3) is 0 Å². The largest absolute Gasteiger partial charge is 0.454 e. The van der Waals surface area contributed by atoms with Crippen molar-refractivity contribution < 1.29 is 9.47 Å². The second-order valence-electron chi connectivity index (χ2n) is 4.24. The first-order chi connectivity index (χ1) is 8.78. The van der Waals surface area contributed by atoms with Gasteiger partial charge < -0.3 is 14.8 Å². The molecule has 0 saturated heterocycles. The first kappa shape index (κ1) is 11.1. The van der Waals surface area contributed by atoms with Gasteiger partial charge in [-0.25, -0.2) is 0 Å². The molecule has 0 atom stereocenters. The molecule has 1 aliphatic rings. The summed E-state index contributed by atoms with van der Waals surface area (Å²) in [6, 6.07) is 7.96. The summed E-state index contributed by atoms with van der Waals surface area (Å²) in [6.07, 6.45) is 0. The van der Waals surface area contributed by atoms with E-state index in [1.165, 1.54) is 0 Å². The average Bonchev–Trinajstić information content (AvgIpc) is 2.96. The Morgan fingerprint density at radius 3 is 2.94 bits per heavy atom. The highest BCUT2D eigenvalue weighted by Crippen LogP contribution is 2.35. The van der Waals surface area contributed by atoms with Crippen LogP contribution in [0.5, 0.6) is 11.5 Å². The lowest BCUT2D eigenvalue weighted by atomic mass is 10.1. The molecule has 1 aromatic carbocycles. The van der Waals surface area contributed by atoms with Gasteiger partial charge in [-0.1, -0.05) is 0 Å². The van der Waals surface area contributed by atoms with Crippen molar-refractivity contribution in [2.45, 2.75) is 6.54 Å². The summed E-state index contributed by atoms with van der Waals surface area (Å²) >= 11 is 0.